The van der Waals surface area contributed by atoms with Crippen LogP contribution in [0.1, 0.15) is 34.3 Å². The molecule has 1 unspecified atom stereocenters. The Morgan fingerprint density at radius 2 is 1.82 bits per heavy atom. The highest BCUT2D eigenvalue weighted by Gasteiger charge is 2.39. The second-order valence-electron chi connectivity index (χ2n) is 10.5. The van der Waals surface area contributed by atoms with Gasteiger partial charge in [-0.3, -0.25) is 24.6 Å². The highest BCUT2D eigenvalue weighted by atomic mass is 32.2. The summed E-state index contributed by atoms with van der Waals surface area (Å²) in [6.45, 7) is 3.21. The molecule has 0 aliphatic carbocycles. The number of hydrogen-bond acceptors (Lipinski definition) is 7. The maximum absolute atomic E-state index is 13.1. The number of sulfonamides is 1. The van der Waals surface area contributed by atoms with Gasteiger partial charge >= 0.3 is 0 Å². The van der Waals surface area contributed by atoms with Gasteiger partial charge in [-0.15, -0.1) is 0 Å². The third kappa shape index (κ3) is 4.72. The number of aryl methyl sites for hydroxylation is 1. The lowest BCUT2D eigenvalue weighted by molar-refractivity contribution is -0.136. The number of carbonyl (C=O) groups is 3. The number of nitrogens with one attached hydrogen (secondary N) is 1. The van der Waals surface area contributed by atoms with E-state index in [2.05, 4.69) is 16.3 Å². The minimum Gasteiger partial charge on any atom is -0.336 e. The molecule has 2 aromatic heterocycles. The van der Waals surface area contributed by atoms with Gasteiger partial charge < -0.3 is 9.47 Å². The monoisotopic (exact) mass is 550 g/mol. The van der Waals surface area contributed by atoms with Crippen LogP contribution in [0.3, 0.4) is 0 Å². The fraction of sp³-hybridized carbons (Fsp3) is 0.407. The Bertz CT molecular complexity index is 1620. The van der Waals surface area contributed by atoms with Crippen LogP contribution in [0.4, 0.5) is 0 Å². The maximum atomic E-state index is 13.1. The summed E-state index contributed by atoms with van der Waals surface area (Å²) in [5, 5.41) is 3.39. The van der Waals surface area contributed by atoms with E-state index in [1.54, 1.807) is 11.0 Å². The molecule has 1 N–H and O–H groups in total. The summed E-state index contributed by atoms with van der Waals surface area (Å²) in [5.74, 6) is -0.936. The molecule has 1 aromatic carbocycles. The average molecular weight is 551 g/mol. The highest BCUT2D eigenvalue weighted by Crippen LogP contribution is 2.32. The number of fused-ring (bicyclic) bond motifs is 2. The standard InChI is InChI=1S/C27H30N6O5S/c1-30-8-7-20-19(15-31-9-11-32(12-10-31)39(2,37)38)14-22(28-25(20)30)17-3-4-21-18(13-17)16-33(27(21)36)23-5-6-24(34)29-26(23)35/h3-4,7-8,13-14,23H,5-6,9-12,15-16H2,1-2H3,(H,29,34,35). The zero-order valence-corrected chi connectivity index (χ0v) is 22.7. The summed E-state index contributed by atoms with van der Waals surface area (Å²) < 4.78 is 27.3. The Hall–Kier alpha value is -3.61. The van der Waals surface area contributed by atoms with E-state index in [-0.39, 0.29) is 18.2 Å². The first-order chi connectivity index (χ1) is 18.6. The molecule has 2 fully saturated rings. The molecule has 2 saturated heterocycles. The van der Waals surface area contributed by atoms with Gasteiger partial charge in [-0.25, -0.2) is 13.4 Å². The number of piperazine rings is 1. The number of carbonyl (C=O) groups excluding carboxylic acids is 3. The van der Waals surface area contributed by atoms with Gasteiger partial charge in [-0.2, -0.15) is 4.31 Å². The van der Waals surface area contributed by atoms with Crippen molar-refractivity contribution in [2.45, 2.75) is 32.0 Å². The van der Waals surface area contributed by atoms with Crippen molar-refractivity contribution in [3.8, 4) is 11.3 Å². The molecule has 12 heteroatoms. The maximum Gasteiger partial charge on any atom is 0.255 e. The predicted octanol–water partition coefficient (Wildman–Crippen LogP) is 1.08. The van der Waals surface area contributed by atoms with Crippen molar-refractivity contribution >= 4 is 38.8 Å². The van der Waals surface area contributed by atoms with Gasteiger partial charge in [-0.05, 0) is 41.8 Å². The second-order valence-corrected chi connectivity index (χ2v) is 12.5. The largest absolute Gasteiger partial charge is 0.336 e. The van der Waals surface area contributed by atoms with Gasteiger partial charge in [0.1, 0.15) is 11.7 Å². The molecule has 0 spiro atoms. The van der Waals surface area contributed by atoms with Crippen LogP contribution in [0.5, 0.6) is 0 Å². The van der Waals surface area contributed by atoms with Crippen molar-refractivity contribution in [2.24, 2.45) is 7.05 Å². The van der Waals surface area contributed by atoms with Crippen molar-refractivity contribution in [1.82, 2.24) is 29.0 Å². The number of nitrogens with zero attached hydrogens (tertiary/aromatic N) is 5. The molecule has 39 heavy (non-hydrogen) atoms. The fourth-order valence-corrected chi connectivity index (χ4v) is 6.60. The fourth-order valence-electron chi connectivity index (χ4n) is 5.77. The highest BCUT2D eigenvalue weighted by molar-refractivity contribution is 7.88. The number of aromatic nitrogens is 2. The summed E-state index contributed by atoms with van der Waals surface area (Å²) in [4.78, 5) is 45.8. The van der Waals surface area contributed by atoms with Crippen LogP contribution in [0.25, 0.3) is 22.3 Å². The number of pyridine rings is 1. The Morgan fingerprint density at radius 1 is 1.05 bits per heavy atom. The number of piperidine rings is 1. The number of amides is 3. The van der Waals surface area contributed by atoms with E-state index in [4.69, 9.17) is 4.98 Å². The van der Waals surface area contributed by atoms with Crippen molar-refractivity contribution in [2.75, 3.05) is 32.4 Å². The molecule has 3 aliphatic heterocycles. The third-order valence-corrected chi connectivity index (χ3v) is 9.24. The van der Waals surface area contributed by atoms with E-state index in [0.29, 0.717) is 51.3 Å². The minimum absolute atomic E-state index is 0.203. The first-order valence-corrected chi connectivity index (χ1v) is 14.8. The summed E-state index contributed by atoms with van der Waals surface area (Å²) in [7, 11) is -1.24. The van der Waals surface area contributed by atoms with Crippen LogP contribution < -0.4 is 5.32 Å². The Balaban J connectivity index is 1.28. The van der Waals surface area contributed by atoms with E-state index in [9.17, 15) is 22.8 Å². The molecule has 1 atom stereocenters. The molecule has 3 aliphatic rings. The first kappa shape index (κ1) is 25.7. The SMILES string of the molecule is Cn1ccc2c(CN3CCN(S(C)(=O)=O)CC3)cc(-c3ccc4c(c3)CN(C3CCC(=O)NC3=O)C4=O)nc21. The molecule has 3 amide bonds. The van der Waals surface area contributed by atoms with E-state index in [1.165, 1.54) is 10.6 Å². The van der Waals surface area contributed by atoms with Crippen molar-refractivity contribution in [1.29, 1.82) is 0 Å². The van der Waals surface area contributed by atoms with Gasteiger partial charge in [0.05, 0.1) is 11.9 Å². The number of imide groups is 1. The van der Waals surface area contributed by atoms with E-state index in [0.717, 1.165) is 33.4 Å². The summed E-state index contributed by atoms with van der Waals surface area (Å²) in [6, 6.07) is 9.11. The molecule has 6 rings (SSSR count). The lowest BCUT2D eigenvalue weighted by atomic mass is 10.0. The number of benzene rings is 1. The molecule has 5 heterocycles. The van der Waals surface area contributed by atoms with Crippen LogP contribution in [-0.2, 0) is 39.7 Å². The zero-order valence-electron chi connectivity index (χ0n) is 21.9. The van der Waals surface area contributed by atoms with E-state index < -0.39 is 22.0 Å². The van der Waals surface area contributed by atoms with Crippen molar-refractivity contribution in [3.05, 3.63) is 53.2 Å². The molecular weight excluding hydrogens is 520 g/mol. The molecular formula is C27H30N6O5S. The van der Waals surface area contributed by atoms with Gasteiger partial charge in [0.15, 0.2) is 0 Å². The second kappa shape index (κ2) is 9.54. The van der Waals surface area contributed by atoms with Gasteiger partial charge in [0, 0.05) is 75.4 Å². The van der Waals surface area contributed by atoms with Crippen LogP contribution in [0.2, 0.25) is 0 Å². The topological polar surface area (TPSA) is 125 Å². The number of hydrogen-bond donors (Lipinski definition) is 1. The normalized spacial score (nSPS) is 21.0. The van der Waals surface area contributed by atoms with Crippen LogP contribution in [-0.4, -0.2) is 88.3 Å². The summed E-state index contributed by atoms with van der Waals surface area (Å²) >= 11 is 0. The number of rotatable bonds is 5. The minimum atomic E-state index is -3.19. The molecule has 3 aromatic rings. The van der Waals surface area contributed by atoms with Gasteiger partial charge in [0.25, 0.3) is 5.91 Å². The zero-order chi connectivity index (χ0) is 27.5. The van der Waals surface area contributed by atoms with Crippen LogP contribution in [0, 0.1) is 0 Å². The smallest absolute Gasteiger partial charge is 0.255 e. The lowest BCUT2D eigenvalue weighted by Crippen LogP contribution is -2.52. The van der Waals surface area contributed by atoms with E-state index >= 15 is 0 Å². The van der Waals surface area contributed by atoms with E-state index in [1.807, 2.05) is 36.0 Å². The molecule has 0 radical (unpaired) electrons. The third-order valence-electron chi connectivity index (χ3n) is 7.94. The molecule has 0 bridgehead atoms. The average Bonchev–Trinajstić information content (AvgIpc) is 3.43. The van der Waals surface area contributed by atoms with Crippen molar-refractivity contribution in [3.63, 3.8) is 0 Å². The van der Waals surface area contributed by atoms with Crippen LogP contribution in [0.15, 0.2) is 36.5 Å². The van der Waals surface area contributed by atoms with Crippen LogP contribution >= 0.6 is 0 Å². The molecule has 11 nitrogen and oxygen atoms in total. The Labute approximate surface area is 226 Å². The predicted molar refractivity (Wildman–Crippen MR) is 144 cm³/mol. The Morgan fingerprint density at radius 3 is 2.54 bits per heavy atom. The van der Waals surface area contributed by atoms with Gasteiger partial charge in [0.2, 0.25) is 21.8 Å². The van der Waals surface area contributed by atoms with Gasteiger partial charge in [-0.1, -0.05) is 6.07 Å². The summed E-state index contributed by atoms with van der Waals surface area (Å²) in [6.07, 6.45) is 3.77. The summed E-state index contributed by atoms with van der Waals surface area (Å²) in [5.41, 5.74) is 4.99. The molecule has 0 saturated carbocycles. The lowest BCUT2D eigenvalue weighted by Gasteiger charge is -2.33. The first-order valence-electron chi connectivity index (χ1n) is 13.0. The molecule has 204 valence electrons. The quantitative estimate of drug-likeness (QED) is 0.472. The Kier molecular flexibility index (Phi) is 6.28. The van der Waals surface area contributed by atoms with Crippen molar-refractivity contribution < 1.29 is 22.8 Å².